The topological polar surface area (TPSA) is 20.2 Å². The molecule has 1 aliphatic carbocycles. The molecule has 0 radical (unpaired) electrons. The molecule has 100 valence electrons. The van der Waals surface area contributed by atoms with E-state index in [1.54, 1.807) is 0 Å². The molecule has 0 heterocycles. The summed E-state index contributed by atoms with van der Waals surface area (Å²) in [6, 6.07) is 9.12. The van der Waals surface area contributed by atoms with Crippen LogP contribution >= 0.6 is 0 Å². The Kier molecular flexibility index (Phi) is 5.25. The van der Waals surface area contributed by atoms with Crippen molar-refractivity contribution in [3.8, 4) is 0 Å². The molecular formula is C17H26O. The number of hydrogen-bond acceptors (Lipinski definition) is 1. The monoisotopic (exact) mass is 246 g/mol. The molecule has 1 nitrogen and oxygen atoms in total. The lowest BCUT2D eigenvalue weighted by atomic mass is 9.95. The lowest BCUT2D eigenvalue weighted by Crippen LogP contribution is -1.99. The summed E-state index contributed by atoms with van der Waals surface area (Å²) in [6.45, 7) is 2.25. The molecule has 1 heteroatoms. The van der Waals surface area contributed by atoms with Crippen LogP contribution in [0.25, 0.3) is 0 Å². The van der Waals surface area contributed by atoms with Gasteiger partial charge in [0.05, 0.1) is 6.10 Å². The Balaban J connectivity index is 1.82. The fourth-order valence-corrected chi connectivity index (χ4v) is 2.97. The average molecular weight is 246 g/mol. The van der Waals surface area contributed by atoms with E-state index < -0.39 is 0 Å². The summed E-state index contributed by atoms with van der Waals surface area (Å²) in [5.74, 6) is 0.592. The average Bonchev–Trinajstić information content (AvgIpc) is 2.82. The van der Waals surface area contributed by atoms with Crippen LogP contribution in [0.5, 0.6) is 0 Å². The molecule has 0 spiro atoms. The first-order valence-corrected chi connectivity index (χ1v) is 7.56. The number of aryl methyl sites for hydroxylation is 1. The molecule has 0 aromatic heterocycles. The van der Waals surface area contributed by atoms with E-state index in [2.05, 4.69) is 31.2 Å². The van der Waals surface area contributed by atoms with Crippen molar-refractivity contribution >= 4 is 0 Å². The number of aliphatic hydroxyl groups excluding tert-OH is 1. The SMILES string of the molecule is CCCCCCc1ccc([C@H]2CC[C@@H](O)C2)cc1. The summed E-state index contributed by atoms with van der Waals surface area (Å²) in [7, 11) is 0. The highest BCUT2D eigenvalue weighted by atomic mass is 16.3. The van der Waals surface area contributed by atoms with Crippen LogP contribution in [-0.2, 0) is 6.42 Å². The van der Waals surface area contributed by atoms with Crippen LogP contribution < -0.4 is 0 Å². The molecule has 1 saturated carbocycles. The second kappa shape index (κ2) is 6.94. The molecule has 1 aromatic rings. The molecule has 0 bridgehead atoms. The molecule has 1 N–H and O–H groups in total. The third-order valence-corrected chi connectivity index (χ3v) is 4.18. The Hall–Kier alpha value is -0.820. The van der Waals surface area contributed by atoms with Crippen LogP contribution in [0.1, 0.15) is 68.9 Å². The maximum atomic E-state index is 9.58. The Bertz CT molecular complexity index is 341. The van der Waals surface area contributed by atoms with E-state index in [-0.39, 0.29) is 6.10 Å². The normalized spacial score (nSPS) is 23.4. The predicted molar refractivity (Wildman–Crippen MR) is 76.9 cm³/mol. The molecular weight excluding hydrogens is 220 g/mol. The van der Waals surface area contributed by atoms with Gasteiger partial charge in [-0.3, -0.25) is 0 Å². The van der Waals surface area contributed by atoms with Crippen molar-refractivity contribution in [2.75, 3.05) is 0 Å². The van der Waals surface area contributed by atoms with Gasteiger partial charge in [0.25, 0.3) is 0 Å². The molecule has 0 amide bonds. The van der Waals surface area contributed by atoms with E-state index in [9.17, 15) is 5.11 Å². The van der Waals surface area contributed by atoms with Gasteiger partial charge >= 0.3 is 0 Å². The minimum atomic E-state index is -0.0660. The molecule has 1 fully saturated rings. The summed E-state index contributed by atoms with van der Waals surface area (Å²) in [6.07, 6.45) is 9.57. The first kappa shape index (κ1) is 13.6. The second-order valence-electron chi connectivity index (χ2n) is 5.72. The lowest BCUT2D eigenvalue weighted by molar-refractivity contribution is 0.181. The van der Waals surface area contributed by atoms with Gasteiger partial charge < -0.3 is 5.11 Å². The molecule has 18 heavy (non-hydrogen) atoms. The van der Waals surface area contributed by atoms with Crippen molar-refractivity contribution in [2.24, 2.45) is 0 Å². The Morgan fingerprint density at radius 2 is 1.83 bits per heavy atom. The van der Waals surface area contributed by atoms with Crippen LogP contribution in [0, 0.1) is 0 Å². The first-order chi connectivity index (χ1) is 8.79. The van der Waals surface area contributed by atoms with Gasteiger partial charge in [0, 0.05) is 0 Å². The van der Waals surface area contributed by atoms with Crippen LogP contribution in [0.2, 0.25) is 0 Å². The maximum absolute atomic E-state index is 9.58. The van der Waals surface area contributed by atoms with E-state index in [4.69, 9.17) is 0 Å². The van der Waals surface area contributed by atoms with E-state index in [1.807, 2.05) is 0 Å². The van der Waals surface area contributed by atoms with Crippen LogP contribution in [-0.4, -0.2) is 11.2 Å². The highest BCUT2D eigenvalue weighted by molar-refractivity contribution is 5.26. The number of rotatable bonds is 6. The standard InChI is InChI=1S/C17H26O/c1-2-3-4-5-6-14-7-9-15(10-8-14)16-11-12-17(18)13-16/h7-10,16-18H,2-6,11-13H2,1H3/t16-,17+/m0/s1. The number of hydrogen-bond donors (Lipinski definition) is 1. The van der Waals surface area contributed by atoms with E-state index in [1.165, 1.54) is 43.2 Å². The fourth-order valence-electron chi connectivity index (χ4n) is 2.97. The summed E-state index contributed by atoms with van der Waals surface area (Å²) in [4.78, 5) is 0. The quantitative estimate of drug-likeness (QED) is 0.736. The van der Waals surface area contributed by atoms with Gasteiger partial charge in [0.1, 0.15) is 0 Å². The van der Waals surface area contributed by atoms with Crippen LogP contribution in [0.3, 0.4) is 0 Å². The molecule has 0 unspecified atom stereocenters. The Morgan fingerprint density at radius 3 is 2.44 bits per heavy atom. The van der Waals surface area contributed by atoms with Crippen LogP contribution in [0.15, 0.2) is 24.3 Å². The van der Waals surface area contributed by atoms with E-state index in [0.717, 1.165) is 19.3 Å². The highest BCUT2D eigenvalue weighted by Crippen LogP contribution is 2.34. The summed E-state index contributed by atoms with van der Waals surface area (Å²) < 4.78 is 0. The number of benzene rings is 1. The highest BCUT2D eigenvalue weighted by Gasteiger charge is 2.23. The smallest absolute Gasteiger partial charge is 0.0546 e. The minimum absolute atomic E-state index is 0.0660. The zero-order chi connectivity index (χ0) is 12.8. The minimum Gasteiger partial charge on any atom is -0.393 e. The number of aliphatic hydroxyl groups is 1. The van der Waals surface area contributed by atoms with Gasteiger partial charge in [-0.05, 0) is 49.1 Å². The Morgan fingerprint density at radius 1 is 1.06 bits per heavy atom. The zero-order valence-corrected chi connectivity index (χ0v) is 11.6. The maximum Gasteiger partial charge on any atom is 0.0546 e. The summed E-state index contributed by atoms with van der Waals surface area (Å²) in [5, 5.41) is 9.58. The first-order valence-electron chi connectivity index (χ1n) is 7.56. The van der Waals surface area contributed by atoms with Gasteiger partial charge in [0.2, 0.25) is 0 Å². The van der Waals surface area contributed by atoms with Crippen molar-refractivity contribution in [2.45, 2.75) is 70.3 Å². The van der Waals surface area contributed by atoms with Gasteiger partial charge in [0.15, 0.2) is 0 Å². The van der Waals surface area contributed by atoms with E-state index >= 15 is 0 Å². The van der Waals surface area contributed by atoms with Crippen molar-refractivity contribution in [1.82, 2.24) is 0 Å². The molecule has 0 saturated heterocycles. The fraction of sp³-hybridized carbons (Fsp3) is 0.647. The predicted octanol–water partition coefficient (Wildman–Crippen LogP) is 4.44. The largest absolute Gasteiger partial charge is 0.393 e. The summed E-state index contributed by atoms with van der Waals surface area (Å²) in [5.41, 5.74) is 2.89. The van der Waals surface area contributed by atoms with Gasteiger partial charge in [-0.1, -0.05) is 50.5 Å². The van der Waals surface area contributed by atoms with Crippen molar-refractivity contribution in [1.29, 1.82) is 0 Å². The van der Waals surface area contributed by atoms with Gasteiger partial charge in [-0.25, -0.2) is 0 Å². The van der Waals surface area contributed by atoms with Gasteiger partial charge in [-0.15, -0.1) is 0 Å². The molecule has 1 aliphatic rings. The second-order valence-corrected chi connectivity index (χ2v) is 5.72. The third kappa shape index (κ3) is 3.84. The van der Waals surface area contributed by atoms with Crippen molar-refractivity contribution in [3.05, 3.63) is 35.4 Å². The molecule has 0 aliphatic heterocycles. The van der Waals surface area contributed by atoms with Crippen LogP contribution in [0.4, 0.5) is 0 Å². The van der Waals surface area contributed by atoms with Crippen molar-refractivity contribution < 1.29 is 5.11 Å². The van der Waals surface area contributed by atoms with Gasteiger partial charge in [-0.2, -0.15) is 0 Å². The van der Waals surface area contributed by atoms with E-state index in [0.29, 0.717) is 5.92 Å². The third-order valence-electron chi connectivity index (χ3n) is 4.18. The lowest BCUT2D eigenvalue weighted by Gasteiger charge is -2.10. The molecule has 1 aromatic carbocycles. The zero-order valence-electron chi connectivity index (χ0n) is 11.6. The number of unbranched alkanes of at least 4 members (excludes halogenated alkanes) is 3. The van der Waals surface area contributed by atoms with Crippen molar-refractivity contribution in [3.63, 3.8) is 0 Å². The Labute approximate surface area is 111 Å². The molecule has 2 atom stereocenters. The summed E-state index contributed by atoms with van der Waals surface area (Å²) >= 11 is 0. The molecule has 2 rings (SSSR count).